The molecule has 0 aromatic carbocycles. The van der Waals surface area contributed by atoms with Gasteiger partial charge in [0, 0.05) is 12.0 Å². The molecule has 0 aliphatic heterocycles. The second kappa shape index (κ2) is 5.99. The number of aryl methyl sites for hydroxylation is 2. The molecule has 2 aliphatic rings. The van der Waals surface area contributed by atoms with Crippen LogP contribution in [0.3, 0.4) is 0 Å². The van der Waals surface area contributed by atoms with Gasteiger partial charge < -0.3 is 4.74 Å². The normalized spacial score (nSPS) is 13.2. The summed E-state index contributed by atoms with van der Waals surface area (Å²) < 4.78 is 44.9. The van der Waals surface area contributed by atoms with Crippen LogP contribution < -0.4 is 0 Å². The number of hydrogen-bond acceptors (Lipinski definition) is 2. The molecule has 0 unspecified atom stereocenters. The lowest BCUT2D eigenvalue weighted by atomic mass is 10.00. The van der Waals surface area contributed by atoms with Crippen LogP contribution in [-0.4, -0.2) is 12.1 Å². The lowest BCUT2D eigenvalue weighted by molar-refractivity contribution is -0.223. The van der Waals surface area contributed by atoms with Crippen molar-refractivity contribution in [3.63, 3.8) is 0 Å². The van der Waals surface area contributed by atoms with E-state index in [9.17, 15) is 18.0 Å². The number of rotatable bonds is 3. The molecule has 2 rings (SSSR count). The average molecular weight is 310 g/mol. The molecule has 0 amide bonds. The minimum atomic E-state index is -4.65. The van der Waals surface area contributed by atoms with Crippen LogP contribution in [0.4, 0.5) is 13.2 Å². The summed E-state index contributed by atoms with van der Waals surface area (Å²) in [6.45, 7) is 4.97. The Balaban J connectivity index is 2.63. The lowest BCUT2D eigenvalue weighted by Gasteiger charge is -2.21. The van der Waals surface area contributed by atoms with Gasteiger partial charge in [-0.15, -0.1) is 0 Å². The van der Waals surface area contributed by atoms with E-state index in [1.807, 2.05) is 0 Å². The maximum Gasteiger partial charge on any atom is 0.429 e. The van der Waals surface area contributed by atoms with Crippen molar-refractivity contribution in [3.05, 3.63) is 47.0 Å². The summed E-state index contributed by atoms with van der Waals surface area (Å²) in [6.07, 6.45) is -6.99. The van der Waals surface area contributed by atoms with Crippen molar-refractivity contribution in [2.45, 2.75) is 39.5 Å². The van der Waals surface area contributed by atoms with Crippen LogP contribution in [0.15, 0.2) is 30.3 Å². The molecule has 0 saturated heterocycles. The molecule has 0 heterocycles. The molecule has 1 atom stereocenters. The van der Waals surface area contributed by atoms with Crippen molar-refractivity contribution in [2.24, 2.45) is 0 Å². The van der Waals surface area contributed by atoms with Crippen LogP contribution in [0.1, 0.15) is 36.1 Å². The third-order valence-electron chi connectivity index (χ3n) is 3.59. The summed E-state index contributed by atoms with van der Waals surface area (Å²) in [7, 11) is 0. The molecule has 0 bridgehead atoms. The van der Waals surface area contributed by atoms with Crippen molar-refractivity contribution in [1.82, 2.24) is 0 Å². The van der Waals surface area contributed by atoms with Gasteiger partial charge in [0.2, 0.25) is 6.10 Å². The van der Waals surface area contributed by atoms with Crippen molar-refractivity contribution in [2.75, 3.05) is 0 Å². The maximum atomic E-state index is 13.4. The predicted octanol–water partition coefficient (Wildman–Crippen LogP) is 4.96. The Labute approximate surface area is 127 Å². The van der Waals surface area contributed by atoms with E-state index in [0.29, 0.717) is 11.1 Å². The highest BCUT2D eigenvalue weighted by Gasteiger charge is 2.46. The zero-order chi connectivity index (χ0) is 16.5. The fraction of sp³-hybridized carbons (Fsp3) is 0.353. The molecule has 22 heavy (non-hydrogen) atoms. The van der Waals surface area contributed by atoms with Gasteiger partial charge in [0.25, 0.3) is 0 Å². The van der Waals surface area contributed by atoms with Crippen LogP contribution >= 0.6 is 0 Å². The van der Waals surface area contributed by atoms with E-state index in [0.717, 1.165) is 11.1 Å². The van der Waals surface area contributed by atoms with Crippen molar-refractivity contribution in [3.8, 4) is 11.1 Å². The number of fused-ring (bicyclic) bond motifs is 1. The van der Waals surface area contributed by atoms with Gasteiger partial charge >= 0.3 is 12.1 Å². The van der Waals surface area contributed by atoms with Gasteiger partial charge in [0.15, 0.2) is 0 Å². The first-order valence-electron chi connectivity index (χ1n) is 7.00. The van der Waals surface area contributed by atoms with Gasteiger partial charge in [-0.3, -0.25) is 4.79 Å². The second-order valence-electron chi connectivity index (χ2n) is 5.24. The molecule has 0 aromatic heterocycles. The van der Waals surface area contributed by atoms with Gasteiger partial charge in [0.05, 0.1) is 0 Å². The highest BCUT2D eigenvalue weighted by atomic mass is 19.4. The number of ether oxygens (including phenoxy) is 1. The number of halogens is 3. The number of hydrogen-bond donors (Lipinski definition) is 0. The molecule has 0 aromatic rings. The van der Waals surface area contributed by atoms with Crippen LogP contribution in [0.25, 0.3) is 11.1 Å². The van der Waals surface area contributed by atoms with E-state index in [-0.39, 0.29) is 12.0 Å². The Morgan fingerprint density at radius 1 is 1.18 bits per heavy atom. The van der Waals surface area contributed by atoms with E-state index < -0.39 is 18.2 Å². The summed E-state index contributed by atoms with van der Waals surface area (Å²) in [6, 6.07) is 8.54. The smallest absolute Gasteiger partial charge is 0.429 e. The summed E-state index contributed by atoms with van der Waals surface area (Å²) in [5, 5.41) is 0. The molecule has 2 nitrogen and oxygen atoms in total. The zero-order valence-electron chi connectivity index (χ0n) is 12.6. The third-order valence-corrected chi connectivity index (χ3v) is 3.59. The largest absolute Gasteiger partial charge is 0.448 e. The molecular formula is C17H17F3O2. The fourth-order valence-corrected chi connectivity index (χ4v) is 2.55. The Kier molecular flexibility index (Phi) is 4.44. The van der Waals surface area contributed by atoms with Gasteiger partial charge in [0.1, 0.15) is 0 Å². The fourth-order valence-electron chi connectivity index (χ4n) is 2.55. The molecule has 118 valence electrons. The van der Waals surface area contributed by atoms with Crippen LogP contribution in [0.2, 0.25) is 0 Å². The summed E-state index contributed by atoms with van der Waals surface area (Å²) >= 11 is 0. The summed E-state index contributed by atoms with van der Waals surface area (Å²) in [5.41, 5.74) is 2.67. The first kappa shape index (κ1) is 16.3. The second-order valence-corrected chi connectivity index (χ2v) is 5.24. The van der Waals surface area contributed by atoms with Gasteiger partial charge in [-0.1, -0.05) is 37.3 Å². The van der Waals surface area contributed by atoms with E-state index in [1.54, 1.807) is 38.1 Å². The monoisotopic (exact) mass is 310 g/mol. The number of carbonyl (C=O) groups is 1. The van der Waals surface area contributed by atoms with E-state index in [4.69, 9.17) is 4.74 Å². The number of carbonyl (C=O) groups excluding carboxylic acids is 1. The minimum absolute atomic E-state index is 0.00417. The van der Waals surface area contributed by atoms with E-state index in [2.05, 4.69) is 0 Å². The molecule has 5 heteroatoms. The van der Waals surface area contributed by atoms with Crippen LogP contribution in [0.5, 0.6) is 0 Å². The minimum Gasteiger partial charge on any atom is -0.448 e. The van der Waals surface area contributed by atoms with E-state index in [1.165, 1.54) is 13.0 Å². The lowest BCUT2D eigenvalue weighted by Crippen LogP contribution is -2.26. The van der Waals surface area contributed by atoms with Crippen molar-refractivity contribution < 1.29 is 22.7 Å². The maximum absolute atomic E-state index is 13.4. The first-order valence-corrected chi connectivity index (χ1v) is 7.00. The summed E-state index contributed by atoms with van der Waals surface area (Å²) in [4.78, 5) is 11.4. The van der Waals surface area contributed by atoms with Crippen LogP contribution in [-0.2, 0) is 9.53 Å². The highest BCUT2D eigenvalue weighted by Crippen LogP contribution is 2.44. The quantitative estimate of drug-likeness (QED) is 0.749. The average Bonchev–Trinajstić information content (AvgIpc) is 2.62. The van der Waals surface area contributed by atoms with Crippen molar-refractivity contribution in [1.29, 1.82) is 0 Å². The topological polar surface area (TPSA) is 26.3 Å². The van der Waals surface area contributed by atoms with Gasteiger partial charge in [-0.2, -0.15) is 13.2 Å². The third kappa shape index (κ3) is 3.08. The molecule has 2 aliphatic carbocycles. The number of esters is 1. The predicted molar refractivity (Wildman–Crippen MR) is 77.7 cm³/mol. The summed E-state index contributed by atoms with van der Waals surface area (Å²) in [5.74, 6) is -0.868. The molecule has 0 saturated carbocycles. The molecule has 0 radical (unpaired) electrons. The Hall–Kier alpha value is -2.04. The molecule has 0 spiro atoms. The Morgan fingerprint density at radius 3 is 2.41 bits per heavy atom. The molecule has 0 N–H and O–H groups in total. The van der Waals surface area contributed by atoms with Gasteiger partial charge in [-0.05, 0) is 36.1 Å². The van der Waals surface area contributed by atoms with Crippen LogP contribution in [0, 0.1) is 13.8 Å². The van der Waals surface area contributed by atoms with E-state index >= 15 is 0 Å². The molecular weight excluding hydrogens is 293 g/mol. The first-order chi connectivity index (χ1) is 10.3. The Bertz CT molecular complexity index is 662. The zero-order valence-corrected chi connectivity index (χ0v) is 12.6. The van der Waals surface area contributed by atoms with Gasteiger partial charge in [-0.25, -0.2) is 0 Å². The highest BCUT2D eigenvalue weighted by molar-refractivity contribution is 5.78. The Morgan fingerprint density at radius 2 is 1.82 bits per heavy atom. The SMILES string of the molecule is CCC(=O)O[C@@H](c1cc(C)c2ccccc(C)c1-2)C(F)(F)F. The van der Waals surface area contributed by atoms with Crippen molar-refractivity contribution >= 4 is 5.97 Å². The number of alkyl halides is 3. The molecule has 0 fully saturated rings. The standard InChI is InChI=1S/C17H17F3O2/c1-4-14(21)22-16(17(18,19)20)13-9-11(3)12-8-6-5-7-10(2)15(12)13/h5-9,16H,4H2,1-3H3/t16-/m0/s1.